The predicted molar refractivity (Wildman–Crippen MR) is 178 cm³/mol. The summed E-state index contributed by atoms with van der Waals surface area (Å²) in [6.45, 7) is 14.3. The van der Waals surface area contributed by atoms with Crippen molar-refractivity contribution in [2.75, 3.05) is 44.7 Å². The molecule has 6 rings (SSSR count). The van der Waals surface area contributed by atoms with Crippen LogP contribution in [0.3, 0.4) is 0 Å². The molecule has 2 aliphatic rings. The van der Waals surface area contributed by atoms with Crippen LogP contribution in [0.5, 0.6) is 11.5 Å². The molecule has 226 valence electrons. The Kier molecular flexibility index (Phi) is 8.38. The summed E-state index contributed by atoms with van der Waals surface area (Å²) >= 11 is 1.99. The summed E-state index contributed by atoms with van der Waals surface area (Å²) in [4.78, 5) is 23.8. The van der Waals surface area contributed by atoms with Crippen LogP contribution in [-0.4, -0.2) is 55.7 Å². The Morgan fingerprint density at radius 2 is 1.84 bits per heavy atom. The molecule has 1 aliphatic heterocycles. The third-order valence-corrected chi connectivity index (χ3v) is 10.4. The van der Waals surface area contributed by atoms with Crippen molar-refractivity contribution in [3.63, 3.8) is 0 Å². The van der Waals surface area contributed by atoms with Gasteiger partial charge in [-0.1, -0.05) is 33.3 Å². The van der Waals surface area contributed by atoms with Crippen LogP contribution in [0.1, 0.15) is 73.0 Å². The monoisotopic (exact) mass is 597 g/mol. The lowest BCUT2D eigenvalue weighted by Gasteiger charge is -2.39. The normalized spacial score (nSPS) is 17.6. The first-order valence-electron chi connectivity index (χ1n) is 15.4. The van der Waals surface area contributed by atoms with Crippen LogP contribution in [-0.2, 0) is 4.74 Å². The number of fused-ring (bicyclic) bond motifs is 1. The number of thiophene rings is 1. The van der Waals surface area contributed by atoms with Crippen LogP contribution >= 0.6 is 11.3 Å². The Balaban J connectivity index is 1.17. The topological polar surface area (TPSA) is 57.8 Å². The lowest BCUT2D eigenvalue weighted by atomic mass is 9.74. The third-order valence-electron chi connectivity index (χ3n) is 8.95. The number of carbonyl (C=O) groups is 1. The van der Waals surface area contributed by atoms with Crippen molar-refractivity contribution in [2.45, 2.75) is 52.9 Å². The highest BCUT2D eigenvalue weighted by Crippen LogP contribution is 2.45. The molecule has 0 radical (unpaired) electrons. The van der Waals surface area contributed by atoms with Crippen LogP contribution in [0, 0.1) is 5.41 Å². The number of piperazine rings is 1. The number of aromatic amines is 1. The van der Waals surface area contributed by atoms with Crippen LogP contribution < -0.4 is 9.64 Å². The molecule has 4 aromatic rings. The zero-order chi connectivity index (χ0) is 30.1. The Hall–Kier alpha value is -3.55. The number of nitrogens with one attached hydrogen (secondary N) is 1. The van der Waals surface area contributed by atoms with E-state index in [0.717, 1.165) is 55.7 Å². The summed E-state index contributed by atoms with van der Waals surface area (Å²) < 4.78 is 11.4. The number of anilines is 1. The lowest BCUT2D eigenvalue weighted by Crippen LogP contribution is -2.47. The first-order valence-corrected chi connectivity index (χ1v) is 16.3. The number of methoxy groups -OCH3 is 1. The summed E-state index contributed by atoms with van der Waals surface area (Å²) in [6.07, 6.45) is 5.50. The molecule has 1 saturated heterocycles. The van der Waals surface area contributed by atoms with Crippen molar-refractivity contribution in [1.29, 1.82) is 0 Å². The van der Waals surface area contributed by atoms with Crippen LogP contribution in [0.25, 0.3) is 16.5 Å². The molecule has 3 heterocycles. The van der Waals surface area contributed by atoms with Gasteiger partial charge in [-0.05, 0) is 84.7 Å². The number of allylic oxidation sites excluding steroid dienone is 1. The number of ether oxygens (including phenoxy) is 2. The van der Waals surface area contributed by atoms with Gasteiger partial charge in [-0.25, -0.2) is 4.79 Å². The van der Waals surface area contributed by atoms with E-state index in [1.54, 1.807) is 11.1 Å². The van der Waals surface area contributed by atoms with E-state index in [2.05, 4.69) is 54.6 Å². The van der Waals surface area contributed by atoms with Gasteiger partial charge in [0.05, 0.1) is 7.11 Å². The quantitative estimate of drug-likeness (QED) is 0.206. The van der Waals surface area contributed by atoms with Gasteiger partial charge in [-0.15, -0.1) is 11.3 Å². The molecule has 0 spiro atoms. The average Bonchev–Trinajstić information content (AvgIpc) is 3.68. The van der Waals surface area contributed by atoms with Crippen LogP contribution in [0.15, 0.2) is 66.4 Å². The van der Waals surface area contributed by atoms with E-state index in [0.29, 0.717) is 28.4 Å². The zero-order valence-electron chi connectivity index (χ0n) is 26.0. The largest absolute Gasteiger partial charge is 0.465 e. The van der Waals surface area contributed by atoms with E-state index in [9.17, 15) is 4.79 Å². The van der Waals surface area contributed by atoms with Crippen molar-refractivity contribution >= 4 is 39.5 Å². The summed E-state index contributed by atoms with van der Waals surface area (Å²) in [5.41, 5.74) is 6.10. The van der Waals surface area contributed by atoms with Gasteiger partial charge in [0.15, 0.2) is 0 Å². The number of H-pyrrole nitrogens is 1. The van der Waals surface area contributed by atoms with Crippen molar-refractivity contribution in [3.05, 3.63) is 81.7 Å². The predicted octanol–water partition coefficient (Wildman–Crippen LogP) is 8.72. The molecule has 0 saturated carbocycles. The number of rotatable bonds is 8. The second kappa shape index (κ2) is 12.2. The van der Waals surface area contributed by atoms with Gasteiger partial charge in [0.25, 0.3) is 0 Å². The number of benzene rings is 2. The number of carbonyl (C=O) groups excluding carboxylic acids is 1. The summed E-state index contributed by atoms with van der Waals surface area (Å²) in [5, 5.41) is 1.06. The van der Waals surface area contributed by atoms with Crippen molar-refractivity contribution in [2.24, 2.45) is 5.41 Å². The maximum atomic E-state index is 12.6. The third kappa shape index (κ3) is 6.53. The highest BCUT2D eigenvalue weighted by Gasteiger charge is 2.30. The zero-order valence-corrected chi connectivity index (χ0v) is 26.9. The summed E-state index contributed by atoms with van der Waals surface area (Å²) in [5.74, 6) is 1.37. The SMILES string of the molecule is COC(=O)c1ccc(N2CCN(CC3=C(c4ccc(C(C)C)s4)CC(C)(C)CC3)CC2)cc1Oc1ccc2[nH]ccc2c1. The summed E-state index contributed by atoms with van der Waals surface area (Å²) in [7, 11) is 1.40. The molecule has 7 heteroatoms. The van der Waals surface area contributed by atoms with E-state index in [1.165, 1.54) is 29.7 Å². The van der Waals surface area contributed by atoms with Gasteiger partial charge >= 0.3 is 5.97 Å². The molecule has 1 N–H and O–H groups in total. The molecule has 0 bridgehead atoms. The Morgan fingerprint density at radius 1 is 1.02 bits per heavy atom. The number of nitrogens with zero attached hydrogens (tertiary/aromatic N) is 2. The molecule has 6 nitrogen and oxygen atoms in total. The maximum absolute atomic E-state index is 12.6. The minimum absolute atomic E-state index is 0.350. The average molecular weight is 598 g/mol. The van der Waals surface area contributed by atoms with E-state index >= 15 is 0 Å². The molecule has 2 aromatic heterocycles. The second-order valence-corrected chi connectivity index (χ2v) is 14.2. The summed E-state index contributed by atoms with van der Waals surface area (Å²) in [6, 6.07) is 18.4. The Labute approximate surface area is 259 Å². The van der Waals surface area contributed by atoms with Crippen LogP contribution in [0.4, 0.5) is 5.69 Å². The van der Waals surface area contributed by atoms with Gasteiger partial charge in [0.1, 0.15) is 17.1 Å². The molecule has 0 unspecified atom stereocenters. The number of esters is 1. The van der Waals surface area contributed by atoms with Crippen molar-refractivity contribution < 1.29 is 14.3 Å². The maximum Gasteiger partial charge on any atom is 0.341 e. The molecular weight excluding hydrogens is 554 g/mol. The fourth-order valence-electron chi connectivity index (χ4n) is 6.32. The van der Waals surface area contributed by atoms with Crippen LogP contribution in [0.2, 0.25) is 0 Å². The standard InChI is InChI=1S/C36H43N3O3S/c1-24(2)33-10-11-34(43-33)30-22-36(3,4)14-12-26(30)23-38-16-18-39(19-17-38)27-6-8-29(35(40)41-5)32(21-27)42-28-7-9-31-25(20-28)13-15-37-31/h6-11,13,15,20-21,24,37H,12,14,16-19,22-23H2,1-5H3. The lowest BCUT2D eigenvalue weighted by molar-refractivity contribution is 0.0598. The smallest absolute Gasteiger partial charge is 0.341 e. The minimum atomic E-state index is -0.403. The molecule has 2 aromatic carbocycles. The molecule has 1 aliphatic carbocycles. The van der Waals surface area contributed by atoms with E-state index in [4.69, 9.17) is 9.47 Å². The second-order valence-electron chi connectivity index (χ2n) is 13.0. The van der Waals surface area contributed by atoms with Gasteiger partial charge in [-0.3, -0.25) is 4.90 Å². The Morgan fingerprint density at radius 3 is 2.58 bits per heavy atom. The van der Waals surface area contributed by atoms with Gasteiger partial charge in [-0.2, -0.15) is 0 Å². The molecule has 43 heavy (non-hydrogen) atoms. The van der Waals surface area contributed by atoms with E-state index < -0.39 is 5.97 Å². The Bertz CT molecular complexity index is 1640. The van der Waals surface area contributed by atoms with Crippen molar-refractivity contribution in [3.8, 4) is 11.5 Å². The molecule has 1 fully saturated rings. The minimum Gasteiger partial charge on any atom is -0.465 e. The fourth-order valence-corrected chi connectivity index (χ4v) is 7.42. The first-order chi connectivity index (χ1) is 20.7. The number of hydrogen-bond donors (Lipinski definition) is 1. The van der Waals surface area contributed by atoms with E-state index in [-0.39, 0.29) is 0 Å². The number of aromatic nitrogens is 1. The van der Waals surface area contributed by atoms with Gasteiger partial charge in [0.2, 0.25) is 0 Å². The number of hydrogen-bond acceptors (Lipinski definition) is 6. The molecule has 0 atom stereocenters. The molecular formula is C36H43N3O3S. The highest BCUT2D eigenvalue weighted by molar-refractivity contribution is 7.13. The van der Waals surface area contributed by atoms with Gasteiger partial charge in [0, 0.05) is 71.3 Å². The highest BCUT2D eigenvalue weighted by atomic mass is 32.1. The fraction of sp³-hybridized carbons (Fsp3) is 0.417. The van der Waals surface area contributed by atoms with E-state index in [1.807, 2.05) is 60.0 Å². The van der Waals surface area contributed by atoms with Crippen molar-refractivity contribution in [1.82, 2.24) is 9.88 Å². The van der Waals surface area contributed by atoms with Gasteiger partial charge < -0.3 is 19.4 Å². The molecule has 0 amide bonds. The first kappa shape index (κ1) is 29.5.